The van der Waals surface area contributed by atoms with Crippen LogP contribution >= 0.6 is 0 Å². The summed E-state index contributed by atoms with van der Waals surface area (Å²) in [5.74, 6) is -6.33. The van der Waals surface area contributed by atoms with Gasteiger partial charge in [-0.1, -0.05) is 12.1 Å². The van der Waals surface area contributed by atoms with E-state index >= 15 is 8.78 Å². The highest BCUT2D eigenvalue weighted by Gasteiger charge is 2.56. The average Bonchev–Trinajstić information content (AvgIpc) is 2.66. The van der Waals surface area contributed by atoms with Crippen molar-refractivity contribution < 1.29 is 30.7 Å². The first-order chi connectivity index (χ1) is 13.8. The minimum Gasteiger partial charge on any atom is -0.270 e. The van der Waals surface area contributed by atoms with Crippen molar-refractivity contribution in [3.8, 4) is 0 Å². The second-order valence-corrected chi connectivity index (χ2v) is 7.35. The number of halogens is 7. The van der Waals surface area contributed by atoms with Crippen LogP contribution in [0.25, 0.3) is 10.9 Å². The third-order valence-electron chi connectivity index (χ3n) is 4.99. The van der Waals surface area contributed by atoms with Crippen LogP contribution in [0.5, 0.6) is 0 Å². The molecule has 0 unspecified atom stereocenters. The maximum Gasteiger partial charge on any atom is 0.416 e. The summed E-state index contributed by atoms with van der Waals surface area (Å²) in [7, 11) is 0. The monoisotopic (exact) mass is 427 g/mol. The van der Waals surface area contributed by atoms with Gasteiger partial charge in [0.2, 0.25) is 0 Å². The van der Waals surface area contributed by atoms with Gasteiger partial charge in [-0.05, 0) is 38.1 Å². The molecule has 0 radical (unpaired) electrons. The normalized spacial score (nSPS) is 17.6. The Kier molecular flexibility index (Phi) is 4.20. The Hall–Kier alpha value is -3.04. The van der Waals surface area contributed by atoms with Crippen molar-refractivity contribution >= 4 is 16.6 Å². The van der Waals surface area contributed by atoms with E-state index in [0.717, 1.165) is 32.0 Å². The van der Waals surface area contributed by atoms with E-state index in [2.05, 4.69) is 15.2 Å². The summed E-state index contributed by atoms with van der Waals surface area (Å²) < 4.78 is 98.0. The molecule has 0 N–H and O–H groups in total. The molecule has 0 saturated heterocycles. The van der Waals surface area contributed by atoms with Gasteiger partial charge in [0.05, 0.1) is 11.3 Å². The first-order valence-electron chi connectivity index (χ1n) is 8.65. The standard InChI is InChI=1S/C20H12F7N3/c1-18(2)19(23,24)14-10(4-3-5-11(14)20(25,26)27)17(28-18)13-8-9-6-7-12(21)15(22)16(9)30-29-13/h3-8H,1-2H3. The molecule has 2 heterocycles. The Morgan fingerprint density at radius 2 is 1.63 bits per heavy atom. The fraction of sp³-hybridized carbons (Fsp3) is 0.250. The zero-order chi connectivity index (χ0) is 22.1. The van der Waals surface area contributed by atoms with Crippen molar-refractivity contribution in [3.05, 3.63) is 70.4 Å². The zero-order valence-corrected chi connectivity index (χ0v) is 15.5. The van der Waals surface area contributed by atoms with Gasteiger partial charge in [0.1, 0.15) is 16.7 Å². The SMILES string of the molecule is CC1(C)N=C(c2cc3ccc(F)c(F)c3nn2)c2cccc(C(F)(F)F)c2C1(F)F. The van der Waals surface area contributed by atoms with Crippen molar-refractivity contribution in [3.63, 3.8) is 0 Å². The lowest BCUT2D eigenvalue weighted by molar-refractivity contribution is -0.145. The number of aromatic nitrogens is 2. The second-order valence-electron chi connectivity index (χ2n) is 7.35. The highest BCUT2D eigenvalue weighted by molar-refractivity contribution is 6.14. The minimum absolute atomic E-state index is 0.0882. The highest BCUT2D eigenvalue weighted by Crippen LogP contribution is 2.50. The number of hydrogen-bond acceptors (Lipinski definition) is 3. The molecule has 156 valence electrons. The van der Waals surface area contributed by atoms with Crippen LogP contribution in [0.15, 0.2) is 41.4 Å². The Morgan fingerprint density at radius 3 is 2.30 bits per heavy atom. The Morgan fingerprint density at radius 1 is 0.933 bits per heavy atom. The number of benzene rings is 2. The van der Waals surface area contributed by atoms with Gasteiger partial charge in [-0.15, -0.1) is 10.2 Å². The lowest BCUT2D eigenvalue weighted by atomic mass is 9.79. The third-order valence-corrected chi connectivity index (χ3v) is 4.99. The summed E-state index contributed by atoms with van der Waals surface area (Å²) in [6.07, 6.45) is -5.02. The van der Waals surface area contributed by atoms with Gasteiger partial charge >= 0.3 is 6.18 Å². The molecule has 1 aliphatic rings. The number of hydrogen-bond donors (Lipinski definition) is 0. The molecular formula is C20H12F7N3. The molecule has 1 aromatic heterocycles. The van der Waals surface area contributed by atoms with Gasteiger partial charge in [-0.2, -0.15) is 22.0 Å². The maximum atomic E-state index is 15.1. The van der Waals surface area contributed by atoms with E-state index < -0.39 is 51.5 Å². The first-order valence-corrected chi connectivity index (χ1v) is 8.65. The van der Waals surface area contributed by atoms with Crippen LogP contribution in [0.2, 0.25) is 0 Å². The average molecular weight is 427 g/mol. The number of aliphatic imine (C=N–C) groups is 1. The van der Waals surface area contributed by atoms with E-state index in [1.54, 1.807) is 0 Å². The molecule has 0 saturated carbocycles. The molecule has 30 heavy (non-hydrogen) atoms. The number of rotatable bonds is 1. The summed E-state index contributed by atoms with van der Waals surface area (Å²) >= 11 is 0. The van der Waals surface area contributed by atoms with Crippen LogP contribution in [-0.2, 0) is 12.1 Å². The third kappa shape index (κ3) is 2.85. The van der Waals surface area contributed by atoms with Gasteiger partial charge in [0.25, 0.3) is 5.92 Å². The van der Waals surface area contributed by atoms with Crippen molar-refractivity contribution in [2.75, 3.05) is 0 Å². The van der Waals surface area contributed by atoms with E-state index in [1.807, 2.05) is 0 Å². The summed E-state index contributed by atoms with van der Waals surface area (Å²) in [5.41, 5.74) is -6.16. The summed E-state index contributed by atoms with van der Waals surface area (Å²) in [5, 5.41) is 7.40. The predicted octanol–water partition coefficient (Wildman–Crippen LogP) is 5.65. The summed E-state index contributed by atoms with van der Waals surface area (Å²) in [4.78, 5) is 3.98. The molecular weight excluding hydrogens is 415 g/mol. The molecule has 0 atom stereocenters. The van der Waals surface area contributed by atoms with Gasteiger partial charge in [0.15, 0.2) is 11.6 Å². The van der Waals surface area contributed by atoms with Crippen LogP contribution in [0.3, 0.4) is 0 Å². The molecule has 0 fully saturated rings. The molecule has 0 bridgehead atoms. The molecule has 10 heteroatoms. The zero-order valence-electron chi connectivity index (χ0n) is 15.5. The summed E-state index contributed by atoms with van der Waals surface area (Å²) in [6.45, 7) is 2.01. The second kappa shape index (κ2) is 6.23. The van der Waals surface area contributed by atoms with Crippen molar-refractivity contribution in [1.82, 2.24) is 10.2 Å². The van der Waals surface area contributed by atoms with E-state index in [1.165, 1.54) is 12.1 Å². The lowest BCUT2D eigenvalue weighted by Gasteiger charge is -2.38. The molecule has 3 aromatic rings. The number of nitrogens with zero attached hydrogens (tertiary/aromatic N) is 3. The minimum atomic E-state index is -5.02. The van der Waals surface area contributed by atoms with Crippen LogP contribution in [0.1, 0.15) is 36.2 Å². The summed E-state index contributed by atoms with van der Waals surface area (Å²) in [6, 6.07) is 5.92. The van der Waals surface area contributed by atoms with Crippen LogP contribution < -0.4 is 0 Å². The van der Waals surface area contributed by atoms with Gasteiger partial charge in [-0.25, -0.2) is 8.78 Å². The van der Waals surface area contributed by atoms with E-state index in [4.69, 9.17) is 0 Å². The highest BCUT2D eigenvalue weighted by atomic mass is 19.4. The quantitative estimate of drug-likeness (QED) is 0.471. The molecule has 4 rings (SSSR count). The molecule has 3 nitrogen and oxygen atoms in total. The first kappa shape index (κ1) is 20.2. The van der Waals surface area contributed by atoms with E-state index in [9.17, 15) is 22.0 Å². The van der Waals surface area contributed by atoms with E-state index in [0.29, 0.717) is 6.07 Å². The predicted molar refractivity (Wildman–Crippen MR) is 94.5 cm³/mol. The van der Waals surface area contributed by atoms with Crippen LogP contribution in [0.4, 0.5) is 30.7 Å². The van der Waals surface area contributed by atoms with Crippen LogP contribution in [-0.4, -0.2) is 21.4 Å². The maximum absolute atomic E-state index is 15.1. The van der Waals surface area contributed by atoms with Crippen molar-refractivity contribution in [2.45, 2.75) is 31.5 Å². The largest absolute Gasteiger partial charge is 0.416 e. The van der Waals surface area contributed by atoms with Gasteiger partial charge < -0.3 is 0 Å². The van der Waals surface area contributed by atoms with Crippen LogP contribution in [0, 0.1) is 11.6 Å². The molecule has 2 aromatic carbocycles. The fourth-order valence-electron chi connectivity index (χ4n) is 3.40. The molecule has 0 aliphatic carbocycles. The van der Waals surface area contributed by atoms with Crippen molar-refractivity contribution in [1.29, 1.82) is 0 Å². The Bertz CT molecular complexity index is 1210. The molecule has 0 amide bonds. The molecule has 0 spiro atoms. The van der Waals surface area contributed by atoms with Crippen molar-refractivity contribution in [2.24, 2.45) is 4.99 Å². The van der Waals surface area contributed by atoms with E-state index in [-0.39, 0.29) is 16.8 Å². The Balaban J connectivity index is 2.02. The fourth-order valence-corrected chi connectivity index (χ4v) is 3.40. The van der Waals surface area contributed by atoms with Gasteiger partial charge in [0, 0.05) is 16.5 Å². The number of alkyl halides is 5. The number of fused-ring (bicyclic) bond motifs is 2. The topological polar surface area (TPSA) is 38.1 Å². The molecule has 1 aliphatic heterocycles. The lowest BCUT2D eigenvalue weighted by Crippen LogP contribution is -2.45. The van der Waals surface area contributed by atoms with Gasteiger partial charge in [-0.3, -0.25) is 4.99 Å². The Labute approximate surface area is 165 Å². The smallest absolute Gasteiger partial charge is 0.270 e.